The van der Waals surface area contributed by atoms with Gasteiger partial charge in [-0.2, -0.15) is 0 Å². The molecule has 0 aliphatic carbocycles. The highest BCUT2D eigenvalue weighted by Gasteiger charge is 2.14. The Balaban J connectivity index is 2.35. The largest absolute Gasteiger partial charge is 0.497 e. The SMILES string of the molecule is COCCNC(=O)n1cc(CCN(C)C)c2ccc(OC)cc21. The lowest BCUT2D eigenvalue weighted by molar-refractivity contribution is 0.196. The molecule has 0 aliphatic heterocycles. The average molecular weight is 319 g/mol. The first-order chi connectivity index (χ1) is 11.1. The number of aromatic nitrogens is 1. The summed E-state index contributed by atoms with van der Waals surface area (Å²) in [6, 6.07) is 5.67. The number of rotatable bonds is 7. The predicted octanol–water partition coefficient (Wildman–Crippen LogP) is 1.96. The minimum atomic E-state index is -0.156. The summed E-state index contributed by atoms with van der Waals surface area (Å²) in [7, 11) is 7.32. The van der Waals surface area contributed by atoms with Crippen LogP contribution in [0, 0.1) is 0 Å². The number of carbonyl (C=O) groups excluding carboxylic acids is 1. The van der Waals surface area contributed by atoms with Crippen molar-refractivity contribution in [3.8, 4) is 5.75 Å². The fourth-order valence-corrected chi connectivity index (χ4v) is 2.46. The molecule has 0 radical (unpaired) electrons. The molecule has 126 valence electrons. The molecule has 1 aromatic carbocycles. The fraction of sp³-hybridized carbons (Fsp3) is 0.471. The second kappa shape index (κ2) is 7.99. The standard InChI is InChI=1S/C17H25N3O3/c1-19(2)9-7-13-12-20(17(21)18-8-10-22-3)16-11-14(23-4)5-6-15(13)16/h5-6,11-12H,7-10H2,1-4H3,(H,18,21). The Morgan fingerprint density at radius 2 is 2.09 bits per heavy atom. The van der Waals surface area contributed by atoms with E-state index in [0.29, 0.717) is 13.2 Å². The van der Waals surface area contributed by atoms with Gasteiger partial charge in [0.25, 0.3) is 0 Å². The molecule has 0 spiro atoms. The highest BCUT2D eigenvalue weighted by Crippen LogP contribution is 2.26. The molecule has 6 heteroatoms. The molecule has 0 fully saturated rings. The maximum atomic E-state index is 12.4. The van der Waals surface area contributed by atoms with Crippen LogP contribution in [0.1, 0.15) is 5.56 Å². The lowest BCUT2D eigenvalue weighted by Gasteiger charge is -2.08. The van der Waals surface area contributed by atoms with Crippen molar-refractivity contribution in [2.24, 2.45) is 0 Å². The molecule has 1 aromatic heterocycles. The van der Waals surface area contributed by atoms with Crippen molar-refractivity contribution in [1.29, 1.82) is 0 Å². The highest BCUT2D eigenvalue weighted by molar-refractivity contribution is 5.94. The first-order valence-corrected chi connectivity index (χ1v) is 7.66. The Morgan fingerprint density at radius 3 is 2.74 bits per heavy atom. The maximum Gasteiger partial charge on any atom is 0.326 e. The fourth-order valence-electron chi connectivity index (χ4n) is 2.46. The van der Waals surface area contributed by atoms with Gasteiger partial charge in [0.05, 0.1) is 19.2 Å². The Morgan fingerprint density at radius 1 is 1.30 bits per heavy atom. The molecule has 23 heavy (non-hydrogen) atoms. The van der Waals surface area contributed by atoms with Gasteiger partial charge in [-0.05, 0) is 38.2 Å². The summed E-state index contributed by atoms with van der Waals surface area (Å²) in [6.07, 6.45) is 2.80. The van der Waals surface area contributed by atoms with Crippen LogP contribution < -0.4 is 10.1 Å². The van der Waals surface area contributed by atoms with Gasteiger partial charge in [0.1, 0.15) is 5.75 Å². The molecule has 0 saturated carbocycles. The Kier molecular flexibility index (Phi) is 6.01. The molecule has 2 rings (SSSR count). The van der Waals surface area contributed by atoms with Crippen LogP contribution in [0.2, 0.25) is 0 Å². The molecule has 0 atom stereocenters. The van der Waals surface area contributed by atoms with Crippen molar-refractivity contribution >= 4 is 16.9 Å². The third-order valence-corrected chi connectivity index (χ3v) is 3.72. The quantitative estimate of drug-likeness (QED) is 0.793. The van der Waals surface area contributed by atoms with Crippen molar-refractivity contribution in [2.75, 3.05) is 48.0 Å². The molecule has 1 amide bonds. The number of amides is 1. The molecular formula is C17H25N3O3. The van der Waals surface area contributed by atoms with E-state index in [9.17, 15) is 4.79 Å². The van der Waals surface area contributed by atoms with E-state index < -0.39 is 0 Å². The molecule has 0 bridgehead atoms. The van der Waals surface area contributed by atoms with E-state index in [1.165, 1.54) is 0 Å². The molecule has 0 unspecified atom stereocenters. The Bertz CT molecular complexity index is 664. The first-order valence-electron chi connectivity index (χ1n) is 7.66. The van der Waals surface area contributed by atoms with E-state index in [4.69, 9.17) is 9.47 Å². The van der Waals surface area contributed by atoms with E-state index in [1.54, 1.807) is 18.8 Å². The van der Waals surface area contributed by atoms with Crippen molar-refractivity contribution in [3.05, 3.63) is 30.0 Å². The van der Waals surface area contributed by atoms with Crippen LogP contribution in [0.4, 0.5) is 4.79 Å². The van der Waals surface area contributed by atoms with Gasteiger partial charge < -0.3 is 19.7 Å². The van der Waals surface area contributed by atoms with Gasteiger partial charge in [-0.25, -0.2) is 4.79 Å². The van der Waals surface area contributed by atoms with Crippen LogP contribution in [-0.4, -0.2) is 63.5 Å². The number of fused-ring (bicyclic) bond motifs is 1. The van der Waals surface area contributed by atoms with Gasteiger partial charge in [0.2, 0.25) is 0 Å². The van der Waals surface area contributed by atoms with Crippen LogP contribution in [0.3, 0.4) is 0 Å². The first kappa shape index (κ1) is 17.3. The van der Waals surface area contributed by atoms with Crippen molar-refractivity contribution < 1.29 is 14.3 Å². The number of benzene rings is 1. The molecule has 6 nitrogen and oxygen atoms in total. The van der Waals surface area contributed by atoms with E-state index >= 15 is 0 Å². The zero-order valence-electron chi connectivity index (χ0n) is 14.3. The third kappa shape index (κ3) is 4.24. The minimum absolute atomic E-state index is 0.156. The van der Waals surface area contributed by atoms with Gasteiger partial charge in [-0.3, -0.25) is 4.57 Å². The van der Waals surface area contributed by atoms with E-state index in [2.05, 4.69) is 10.2 Å². The van der Waals surface area contributed by atoms with Gasteiger partial charge in [-0.15, -0.1) is 0 Å². The maximum absolute atomic E-state index is 12.4. The van der Waals surface area contributed by atoms with Crippen molar-refractivity contribution in [3.63, 3.8) is 0 Å². The third-order valence-electron chi connectivity index (χ3n) is 3.72. The zero-order valence-corrected chi connectivity index (χ0v) is 14.3. The number of ether oxygens (including phenoxy) is 2. The number of nitrogens with zero attached hydrogens (tertiary/aromatic N) is 2. The van der Waals surface area contributed by atoms with E-state index in [1.807, 2.05) is 38.5 Å². The number of methoxy groups -OCH3 is 2. The molecule has 0 aliphatic rings. The van der Waals surface area contributed by atoms with Gasteiger partial charge in [-0.1, -0.05) is 0 Å². The lowest BCUT2D eigenvalue weighted by Crippen LogP contribution is -2.30. The smallest absolute Gasteiger partial charge is 0.326 e. The summed E-state index contributed by atoms with van der Waals surface area (Å²) < 4.78 is 11.9. The van der Waals surface area contributed by atoms with Crippen LogP contribution in [0.5, 0.6) is 5.75 Å². The molecular weight excluding hydrogens is 294 g/mol. The monoisotopic (exact) mass is 319 g/mol. The summed E-state index contributed by atoms with van der Waals surface area (Å²) in [5, 5.41) is 3.93. The molecule has 0 saturated heterocycles. The van der Waals surface area contributed by atoms with E-state index in [-0.39, 0.29) is 6.03 Å². The van der Waals surface area contributed by atoms with Crippen LogP contribution in [-0.2, 0) is 11.2 Å². The number of carbonyl (C=O) groups is 1. The summed E-state index contributed by atoms with van der Waals surface area (Å²) >= 11 is 0. The van der Waals surface area contributed by atoms with Gasteiger partial charge in [0.15, 0.2) is 0 Å². The minimum Gasteiger partial charge on any atom is -0.497 e. The van der Waals surface area contributed by atoms with Crippen molar-refractivity contribution in [1.82, 2.24) is 14.8 Å². The van der Waals surface area contributed by atoms with Crippen LogP contribution in [0.25, 0.3) is 10.9 Å². The van der Waals surface area contributed by atoms with Crippen LogP contribution >= 0.6 is 0 Å². The Labute approximate surface area is 137 Å². The summed E-state index contributed by atoms with van der Waals surface area (Å²) in [5.74, 6) is 0.737. The average Bonchev–Trinajstić information content (AvgIpc) is 2.91. The summed E-state index contributed by atoms with van der Waals surface area (Å²) in [6.45, 7) is 1.89. The normalized spacial score (nSPS) is 11.2. The molecule has 1 N–H and O–H groups in total. The molecule has 2 aromatic rings. The zero-order chi connectivity index (χ0) is 16.8. The lowest BCUT2D eigenvalue weighted by atomic mass is 10.1. The number of hydrogen-bond acceptors (Lipinski definition) is 4. The summed E-state index contributed by atoms with van der Waals surface area (Å²) in [5.41, 5.74) is 2.01. The number of hydrogen-bond donors (Lipinski definition) is 1. The topological polar surface area (TPSA) is 55.7 Å². The number of nitrogens with one attached hydrogen (secondary N) is 1. The number of likely N-dealkylation sites (N-methyl/N-ethyl adjacent to an activating group) is 1. The Hall–Kier alpha value is -2.05. The van der Waals surface area contributed by atoms with E-state index in [0.717, 1.165) is 35.2 Å². The van der Waals surface area contributed by atoms with Crippen LogP contribution in [0.15, 0.2) is 24.4 Å². The second-order valence-electron chi connectivity index (χ2n) is 5.69. The summed E-state index contributed by atoms with van der Waals surface area (Å²) in [4.78, 5) is 14.6. The van der Waals surface area contributed by atoms with Gasteiger partial charge in [0, 0.05) is 37.8 Å². The highest BCUT2D eigenvalue weighted by atomic mass is 16.5. The predicted molar refractivity (Wildman–Crippen MR) is 91.4 cm³/mol. The van der Waals surface area contributed by atoms with Crippen molar-refractivity contribution in [2.45, 2.75) is 6.42 Å². The second-order valence-corrected chi connectivity index (χ2v) is 5.69. The molecule has 1 heterocycles. The van der Waals surface area contributed by atoms with Gasteiger partial charge >= 0.3 is 6.03 Å².